The molecule has 35 heavy (non-hydrogen) atoms. The van der Waals surface area contributed by atoms with Crippen LogP contribution in [0, 0.1) is 11.3 Å². The van der Waals surface area contributed by atoms with Crippen molar-refractivity contribution in [3.63, 3.8) is 0 Å². The average molecular weight is 471 g/mol. The molecule has 8 heteroatoms. The van der Waals surface area contributed by atoms with E-state index in [1.165, 1.54) is 21.3 Å². The third-order valence-corrected chi connectivity index (χ3v) is 5.77. The molecular weight excluding hydrogens is 444 g/mol. The number of benzene rings is 3. The minimum absolute atomic E-state index is 0.297. The summed E-state index contributed by atoms with van der Waals surface area (Å²) in [4.78, 5) is 18.0. The molecule has 1 atom stereocenters. The molecule has 0 aliphatic heterocycles. The number of fused-ring (bicyclic) bond motifs is 1. The molecule has 0 spiro atoms. The summed E-state index contributed by atoms with van der Waals surface area (Å²) in [5.74, 6) is 1.64. The third kappa shape index (κ3) is 4.75. The van der Waals surface area contributed by atoms with Gasteiger partial charge in [-0.3, -0.25) is 4.79 Å². The monoisotopic (exact) mass is 470 g/mol. The summed E-state index contributed by atoms with van der Waals surface area (Å²) < 4.78 is 18.2. The summed E-state index contributed by atoms with van der Waals surface area (Å²) >= 11 is 0. The summed E-state index contributed by atoms with van der Waals surface area (Å²) in [7, 11) is 4.53. The first-order valence-electron chi connectivity index (χ1n) is 11.0. The van der Waals surface area contributed by atoms with Gasteiger partial charge in [0.1, 0.15) is 5.82 Å². The molecule has 0 radical (unpaired) electrons. The van der Waals surface area contributed by atoms with Crippen molar-refractivity contribution >= 4 is 16.9 Å². The van der Waals surface area contributed by atoms with E-state index in [1.54, 1.807) is 24.3 Å². The molecule has 0 aliphatic rings. The van der Waals surface area contributed by atoms with Crippen molar-refractivity contribution in [2.24, 2.45) is 0 Å². The largest absolute Gasteiger partial charge is 0.493 e. The molecule has 4 rings (SSSR count). The number of methoxy groups -OCH3 is 3. The molecule has 3 aromatic carbocycles. The van der Waals surface area contributed by atoms with Crippen molar-refractivity contribution in [1.82, 2.24) is 14.9 Å². The van der Waals surface area contributed by atoms with Gasteiger partial charge < -0.3 is 24.1 Å². The Kier molecular flexibility index (Phi) is 6.88. The summed E-state index contributed by atoms with van der Waals surface area (Å²) in [5, 5.41) is 12.1. The van der Waals surface area contributed by atoms with Gasteiger partial charge in [0.2, 0.25) is 5.75 Å². The zero-order valence-electron chi connectivity index (χ0n) is 20.0. The van der Waals surface area contributed by atoms with Gasteiger partial charge in [0.05, 0.1) is 50.0 Å². The van der Waals surface area contributed by atoms with Gasteiger partial charge in [-0.2, -0.15) is 5.26 Å². The van der Waals surface area contributed by atoms with E-state index in [1.807, 2.05) is 43.3 Å². The molecule has 4 aromatic rings. The number of imidazole rings is 1. The number of carbonyl (C=O) groups is 1. The predicted molar refractivity (Wildman–Crippen MR) is 132 cm³/mol. The minimum atomic E-state index is -0.396. The fourth-order valence-corrected chi connectivity index (χ4v) is 4.01. The number of hydrogen-bond acceptors (Lipinski definition) is 6. The van der Waals surface area contributed by atoms with Crippen molar-refractivity contribution in [3.05, 3.63) is 83.2 Å². The molecular formula is C27H26N4O4. The molecule has 1 amide bonds. The lowest BCUT2D eigenvalue weighted by molar-refractivity contribution is 0.0937. The predicted octanol–water partition coefficient (Wildman–Crippen LogP) is 4.47. The smallest absolute Gasteiger partial charge is 0.252 e. The quantitative estimate of drug-likeness (QED) is 0.408. The summed E-state index contributed by atoms with van der Waals surface area (Å²) in [6.07, 6.45) is 0. The topological polar surface area (TPSA) is 98.4 Å². The maximum absolute atomic E-state index is 13.2. The number of nitriles is 1. The molecule has 178 valence electrons. The maximum Gasteiger partial charge on any atom is 0.252 e. The summed E-state index contributed by atoms with van der Waals surface area (Å²) in [6, 6.07) is 20.3. The number of hydrogen-bond donors (Lipinski definition) is 1. The maximum atomic E-state index is 13.2. The molecule has 0 fully saturated rings. The Bertz CT molecular complexity index is 1380. The Morgan fingerprint density at radius 1 is 1.03 bits per heavy atom. The van der Waals surface area contributed by atoms with Gasteiger partial charge >= 0.3 is 0 Å². The van der Waals surface area contributed by atoms with Crippen LogP contribution in [0.3, 0.4) is 0 Å². The number of ether oxygens (including phenoxy) is 3. The molecule has 0 saturated carbocycles. The van der Waals surface area contributed by atoms with Gasteiger partial charge in [-0.25, -0.2) is 4.98 Å². The Morgan fingerprint density at radius 2 is 1.69 bits per heavy atom. The second-order valence-electron chi connectivity index (χ2n) is 7.96. The van der Waals surface area contributed by atoms with Crippen LogP contribution in [-0.2, 0) is 6.54 Å². The molecule has 0 unspecified atom stereocenters. The van der Waals surface area contributed by atoms with Crippen LogP contribution in [-0.4, -0.2) is 36.8 Å². The second-order valence-corrected chi connectivity index (χ2v) is 7.96. The van der Waals surface area contributed by atoms with Crippen LogP contribution in [0.1, 0.15) is 40.3 Å². The van der Waals surface area contributed by atoms with Crippen molar-refractivity contribution in [2.45, 2.75) is 19.5 Å². The van der Waals surface area contributed by atoms with Gasteiger partial charge in [0, 0.05) is 12.1 Å². The highest BCUT2D eigenvalue weighted by molar-refractivity contribution is 5.96. The summed E-state index contributed by atoms with van der Waals surface area (Å²) in [6.45, 7) is 2.44. The van der Waals surface area contributed by atoms with E-state index in [2.05, 4.69) is 16.0 Å². The van der Waals surface area contributed by atoms with E-state index >= 15 is 0 Å². The van der Waals surface area contributed by atoms with Crippen LogP contribution in [0.2, 0.25) is 0 Å². The molecule has 1 heterocycles. The third-order valence-electron chi connectivity index (χ3n) is 5.77. The zero-order valence-corrected chi connectivity index (χ0v) is 20.0. The second kappa shape index (κ2) is 10.2. The highest BCUT2D eigenvalue weighted by Gasteiger charge is 2.22. The number of para-hydroxylation sites is 2. The molecule has 8 nitrogen and oxygen atoms in total. The first kappa shape index (κ1) is 23.6. The van der Waals surface area contributed by atoms with Gasteiger partial charge in [0.25, 0.3) is 5.91 Å². The van der Waals surface area contributed by atoms with Gasteiger partial charge in [0.15, 0.2) is 11.5 Å². The van der Waals surface area contributed by atoms with Crippen LogP contribution in [0.4, 0.5) is 0 Å². The number of nitrogens with zero attached hydrogens (tertiary/aromatic N) is 3. The number of nitrogens with one attached hydrogen (secondary N) is 1. The average Bonchev–Trinajstić information content (AvgIpc) is 3.26. The first-order chi connectivity index (χ1) is 17.0. The van der Waals surface area contributed by atoms with Crippen molar-refractivity contribution in [2.75, 3.05) is 21.3 Å². The number of aromatic nitrogens is 2. The highest BCUT2D eigenvalue weighted by Crippen LogP contribution is 2.38. The fourth-order valence-electron chi connectivity index (χ4n) is 4.01. The van der Waals surface area contributed by atoms with Gasteiger partial charge in [-0.15, -0.1) is 0 Å². The molecule has 0 bridgehead atoms. The van der Waals surface area contributed by atoms with E-state index in [0.29, 0.717) is 34.9 Å². The number of amides is 1. The van der Waals surface area contributed by atoms with Crippen LogP contribution < -0.4 is 19.5 Å². The van der Waals surface area contributed by atoms with Gasteiger partial charge in [-0.05, 0) is 48.9 Å². The fraction of sp³-hybridized carbons (Fsp3) is 0.222. The Hall–Kier alpha value is -4.51. The van der Waals surface area contributed by atoms with E-state index in [0.717, 1.165) is 22.4 Å². The lowest BCUT2D eigenvalue weighted by atomic mass is 10.1. The normalized spacial score (nSPS) is 11.5. The number of carbonyl (C=O) groups excluding carboxylic acids is 1. The Morgan fingerprint density at radius 3 is 2.29 bits per heavy atom. The van der Waals surface area contributed by atoms with Crippen LogP contribution in [0.15, 0.2) is 60.7 Å². The highest BCUT2D eigenvalue weighted by atomic mass is 16.5. The van der Waals surface area contributed by atoms with Crippen LogP contribution in [0.25, 0.3) is 11.0 Å². The Balaban J connectivity index is 1.66. The number of rotatable bonds is 8. The molecule has 0 aliphatic carbocycles. The van der Waals surface area contributed by atoms with Crippen molar-refractivity contribution in [1.29, 1.82) is 5.26 Å². The van der Waals surface area contributed by atoms with E-state index in [9.17, 15) is 4.79 Å². The van der Waals surface area contributed by atoms with Crippen molar-refractivity contribution in [3.8, 4) is 23.3 Å². The van der Waals surface area contributed by atoms with Gasteiger partial charge in [-0.1, -0.05) is 24.3 Å². The lowest BCUT2D eigenvalue weighted by Gasteiger charge is -2.18. The standard InChI is InChI=1S/C27H26N4O4/c1-17(29-27(32)20-13-23(33-2)25(35-4)24(14-20)34-3)26-30-21-7-5-6-8-22(21)31(26)16-19-11-9-18(15-28)10-12-19/h5-14,17H,16H2,1-4H3,(H,29,32)/t17-/m1/s1. The SMILES string of the molecule is COc1cc(C(=O)N[C@H](C)c2nc3ccccc3n2Cc2ccc(C#N)cc2)cc(OC)c1OC. The van der Waals surface area contributed by atoms with Crippen LogP contribution in [0.5, 0.6) is 17.2 Å². The van der Waals surface area contributed by atoms with Crippen LogP contribution >= 0.6 is 0 Å². The molecule has 1 N–H and O–H groups in total. The van der Waals surface area contributed by atoms with E-state index < -0.39 is 6.04 Å². The first-order valence-corrected chi connectivity index (χ1v) is 11.0. The van der Waals surface area contributed by atoms with E-state index in [-0.39, 0.29) is 5.91 Å². The molecule has 1 aromatic heterocycles. The van der Waals surface area contributed by atoms with E-state index in [4.69, 9.17) is 24.5 Å². The summed E-state index contributed by atoms with van der Waals surface area (Å²) in [5.41, 5.74) is 3.80. The Labute approximate surface area is 203 Å². The molecule has 0 saturated heterocycles. The minimum Gasteiger partial charge on any atom is -0.493 e. The van der Waals surface area contributed by atoms with Crippen molar-refractivity contribution < 1.29 is 19.0 Å². The zero-order chi connectivity index (χ0) is 24.9. The lowest BCUT2D eigenvalue weighted by Crippen LogP contribution is -2.29.